The summed E-state index contributed by atoms with van der Waals surface area (Å²) in [6.07, 6.45) is 0.566. The second kappa shape index (κ2) is 9.30. The number of aliphatic hydroxyl groups is 1. The monoisotopic (exact) mass is 364 g/mol. The summed E-state index contributed by atoms with van der Waals surface area (Å²) in [5.74, 6) is 0.00121. The third kappa shape index (κ3) is 5.16. The smallest absolute Gasteiger partial charge is 0.223 e. The van der Waals surface area contributed by atoms with E-state index in [9.17, 15) is 9.18 Å². The highest BCUT2D eigenvalue weighted by Crippen LogP contribution is 2.17. The van der Waals surface area contributed by atoms with Gasteiger partial charge in [0.2, 0.25) is 5.91 Å². The normalized spacial score (nSPS) is 19.8. The molecule has 2 aliphatic heterocycles. The van der Waals surface area contributed by atoms with E-state index in [2.05, 4.69) is 14.7 Å². The average Bonchev–Trinajstić information content (AvgIpc) is 2.68. The highest BCUT2D eigenvalue weighted by molar-refractivity contribution is 5.76. The Morgan fingerprint density at radius 3 is 2.04 bits per heavy atom. The topological polar surface area (TPSA) is 50.3 Å². The van der Waals surface area contributed by atoms with Gasteiger partial charge in [-0.15, -0.1) is 0 Å². The van der Waals surface area contributed by atoms with Crippen molar-refractivity contribution >= 4 is 11.6 Å². The molecule has 0 aromatic heterocycles. The fraction of sp³-hybridized carbons (Fsp3) is 0.632. The molecule has 0 radical (unpaired) electrons. The Bertz CT molecular complexity index is 567. The molecule has 0 spiro atoms. The van der Waals surface area contributed by atoms with Crippen LogP contribution >= 0.6 is 0 Å². The number of halogens is 1. The Kier molecular flexibility index (Phi) is 6.82. The van der Waals surface area contributed by atoms with Crippen LogP contribution < -0.4 is 4.90 Å². The minimum Gasteiger partial charge on any atom is -0.395 e. The maximum Gasteiger partial charge on any atom is 0.223 e. The second-order valence-corrected chi connectivity index (χ2v) is 7.00. The molecule has 3 rings (SSSR count). The first-order valence-electron chi connectivity index (χ1n) is 9.49. The lowest BCUT2D eigenvalue weighted by molar-refractivity contribution is -0.131. The van der Waals surface area contributed by atoms with Crippen LogP contribution in [-0.2, 0) is 4.79 Å². The second-order valence-electron chi connectivity index (χ2n) is 7.00. The lowest BCUT2D eigenvalue weighted by atomic mass is 10.2. The van der Waals surface area contributed by atoms with Crippen molar-refractivity contribution in [3.8, 4) is 0 Å². The Balaban J connectivity index is 1.37. The van der Waals surface area contributed by atoms with E-state index in [0.29, 0.717) is 6.42 Å². The van der Waals surface area contributed by atoms with Crippen molar-refractivity contribution in [2.45, 2.75) is 6.42 Å². The van der Waals surface area contributed by atoms with E-state index in [0.717, 1.165) is 71.1 Å². The molecular formula is C19H29FN4O2. The molecule has 0 unspecified atom stereocenters. The standard InChI is InChI=1S/C19H29FN4O2/c20-17-1-3-18(4-2-17)23-11-13-24(14-12-23)19(26)5-6-21-7-9-22(10-8-21)15-16-25/h1-4,25H,5-16H2. The van der Waals surface area contributed by atoms with E-state index in [-0.39, 0.29) is 18.3 Å². The molecular weight excluding hydrogens is 335 g/mol. The van der Waals surface area contributed by atoms with Crippen molar-refractivity contribution in [1.82, 2.24) is 14.7 Å². The number of benzene rings is 1. The Hall–Kier alpha value is -1.70. The van der Waals surface area contributed by atoms with Crippen LogP contribution in [-0.4, -0.2) is 97.8 Å². The van der Waals surface area contributed by atoms with Crippen molar-refractivity contribution < 1.29 is 14.3 Å². The van der Waals surface area contributed by atoms with Crippen LogP contribution in [0.5, 0.6) is 0 Å². The molecule has 2 aliphatic rings. The predicted octanol–water partition coefficient (Wildman–Crippen LogP) is 0.474. The molecule has 0 atom stereocenters. The van der Waals surface area contributed by atoms with Crippen LogP contribution in [0.4, 0.5) is 10.1 Å². The molecule has 2 saturated heterocycles. The zero-order chi connectivity index (χ0) is 18.4. The number of hydrogen-bond donors (Lipinski definition) is 1. The molecule has 2 heterocycles. The number of rotatable bonds is 6. The minimum absolute atomic E-state index is 0.211. The Morgan fingerprint density at radius 1 is 0.885 bits per heavy atom. The number of aliphatic hydroxyl groups excluding tert-OH is 1. The van der Waals surface area contributed by atoms with Crippen LogP contribution in [0.2, 0.25) is 0 Å². The molecule has 7 heteroatoms. The van der Waals surface area contributed by atoms with Gasteiger partial charge >= 0.3 is 0 Å². The van der Waals surface area contributed by atoms with Crippen LogP contribution in [0, 0.1) is 5.82 Å². The third-order valence-corrected chi connectivity index (χ3v) is 5.35. The van der Waals surface area contributed by atoms with Crippen molar-refractivity contribution in [2.75, 3.05) is 77.0 Å². The Morgan fingerprint density at radius 2 is 1.46 bits per heavy atom. The van der Waals surface area contributed by atoms with Crippen molar-refractivity contribution in [1.29, 1.82) is 0 Å². The number of nitrogens with zero attached hydrogens (tertiary/aromatic N) is 4. The number of hydrogen-bond acceptors (Lipinski definition) is 5. The SMILES string of the molecule is O=C(CCN1CCN(CCO)CC1)N1CCN(c2ccc(F)cc2)CC1. The largest absolute Gasteiger partial charge is 0.395 e. The molecule has 2 fully saturated rings. The number of anilines is 1. The highest BCUT2D eigenvalue weighted by atomic mass is 19.1. The van der Waals surface area contributed by atoms with Gasteiger partial charge in [0.25, 0.3) is 0 Å². The maximum atomic E-state index is 13.0. The first-order chi connectivity index (χ1) is 12.7. The van der Waals surface area contributed by atoms with E-state index >= 15 is 0 Å². The van der Waals surface area contributed by atoms with Gasteiger partial charge in [0.1, 0.15) is 5.82 Å². The van der Waals surface area contributed by atoms with E-state index in [1.54, 1.807) is 12.1 Å². The summed E-state index contributed by atoms with van der Waals surface area (Å²) in [5, 5.41) is 8.98. The third-order valence-electron chi connectivity index (χ3n) is 5.35. The van der Waals surface area contributed by atoms with Gasteiger partial charge in [-0.05, 0) is 24.3 Å². The van der Waals surface area contributed by atoms with Gasteiger partial charge < -0.3 is 19.8 Å². The molecule has 0 saturated carbocycles. The van der Waals surface area contributed by atoms with Crippen LogP contribution in [0.3, 0.4) is 0 Å². The lowest BCUT2D eigenvalue weighted by Gasteiger charge is -2.37. The summed E-state index contributed by atoms with van der Waals surface area (Å²) in [6, 6.07) is 6.55. The molecule has 6 nitrogen and oxygen atoms in total. The van der Waals surface area contributed by atoms with Gasteiger partial charge in [-0.1, -0.05) is 0 Å². The first kappa shape index (κ1) is 19.1. The minimum atomic E-state index is -0.222. The summed E-state index contributed by atoms with van der Waals surface area (Å²) in [7, 11) is 0. The van der Waals surface area contributed by atoms with E-state index in [1.165, 1.54) is 12.1 Å². The highest BCUT2D eigenvalue weighted by Gasteiger charge is 2.22. The fourth-order valence-electron chi connectivity index (χ4n) is 3.66. The summed E-state index contributed by atoms with van der Waals surface area (Å²) in [4.78, 5) is 21.2. The number of β-amino-alcohol motifs (C(OH)–C–C–N with tert-alkyl or cyclic N) is 1. The van der Waals surface area contributed by atoms with Gasteiger partial charge in [-0.2, -0.15) is 0 Å². The molecule has 1 amide bonds. The first-order valence-corrected chi connectivity index (χ1v) is 9.49. The molecule has 26 heavy (non-hydrogen) atoms. The molecule has 0 aliphatic carbocycles. The molecule has 144 valence electrons. The van der Waals surface area contributed by atoms with Crippen LogP contribution in [0.15, 0.2) is 24.3 Å². The number of carbonyl (C=O) groups excluding carboxylic acids is 1. The Labute approximate surface area is 154 Å². The van der Waals surface area contributed by atoms with Crippen LogP contribution in [0.1, 0.15) is 6.42 Å². The van der Waals surface area contributed by atoms with E-state index < -0.39 is 0 Å². The average molecular weight is 364 g/mol. The van der Waals surface area contributed by atoms with Crippen molar-refractivity contribution in [2.24, 2.45) is 0 Å². The van der Waals surface area contributed by atoms with Gasteiger partial charge in [0.15, 0.2) is 0 Å². The molecule has 1 aromatic carbocycles. The maximum absolute atomic E-state index is 13.0. The molecule has 1 N–H and O–H groups in total. The van der Waals surface area contributed by atoms with Crippen molar-refractivity contribution in [3.05, 3.63) is 30.1 Å². The number of amides is 1. The molecule has 0 bridgehead atoms. The summed E-state index contributed by atoms with van der Waals surface area (Å²) >= 11 is 0. The van der Waals surface area contributed by atoms with E-state index in [1.807, 2.05) is 4.90 Å². The quantitative estimate of drug-likeness (QED) is 0.796. The van der Waals surface area contributed by atoms with Gasteiger partial charge in [0.05, 0.1) is 6.61 Å². The fourth-order valence-corrected chi connectivity index (χ4v) is 3.66. The summed E-state index contributed by atoms with van der Waals surface area (Å²) in [5.41, 5.74) is 1.01. The van der Waals surface area contributed by atoms with Gasteiger partial charge in [0, 0.05) is 77.6 Å². The summed E-state index contributed by atoms with van der Waals surface area (Å²) < 4.78 is 13.0. The summed E-state index contributed by atoms with van der Waals surface area (Å²) in [6.45, 7) is 8.64. The predicted molar refractivity (Wildman–Crippen MR) is 99.8 cm³/mol. The molecule has 1 aromatic rings. The zero-order valence-electron chi connectivity index (χ0n) is 15.3. The zero-order valence-corrected chi connectivity index (χ0v) is 15.3. The lowest BCUT2D eigenvalue weighted by Crippen LogP contribution is -2.50. The number of piperazine rings is 2. The van der Waals surface area contributed by atoms with E-state index in [4.69, 9.17) is 5.11 Å². The van der Waals surface area contributed by atoms with Crippen LogP contribution in [0.25, 0.3) is 0 Å². The number of carbonyl (C=O) groups is 1. The van der Waals surface area contributed by atoms with Crippen molar-refractivity contribution in [3.63, 3.8) is 0 Å². The van der Waals surface area contributed by atoms with Gasteiger partial charge in [-0.25, -0.2) is 4.39 Å². The van der Waals surface area contributed by atoms with Gasteiger partial charge in [-0.3, -0.25) is 9.69 Å².